The average Bonchev–Trinajstić information content (AvgIpc) is 2.47. The van der Waals surface area contributed by atoms with E-state index in [2.05, 4.69) is 0 Å². The molecule has 0 saturated carbocycles. The predicted octanol–water partition coefficient (Wildman–Crippen LogP) is 2.29. The molecule has 0 radical (unpaired) electrons. The SMILES string of the molecule is COc1ccc(N)c(S(=O)(=O)CCc2ccccc2)c1. The van der Waals surface area contributed by atoms with Crippen molar-refractivity contribution >= 4 is 15.5 Å². The van der Waals surface area contributed by atoms with Crippen molar-refractivity contribution in [1.29, 1.82) is 0 Å². The van der Waals surface area contributed by atoms with Gasteiger partial charge in [0, 0.05) is 6.07 Å². The average molecular weight is 291 g/mol. The van der Waals surface area contributed by atoms with Crippen LogP contribution < -0.4 is 10.5 Å². The van der Waals surface area contributed by atoms with Gasteiger partial charge in [0.2, 0.25) is 0 Å². The molecule has 0 spiro atoms. The topological polar surface area (TPSA) is 69.4 Å². The lowest BCUT2D eigenvalue weighted by Gasteiger charge is -2.09. The molecular formula is C15H17NO3S. The monoisotopic (exact) mass is 291 g/mol. The van der Waals surface area contributed by atoms with Crippen LogP contribution in [0.5, 0.6) is 5.75 Å². The van der Waals surface area contributed by atoms with Crippen LogP contribution in [0.4, 0.5) is 5.69 Å². The van der Waals surface area contributed by atoms with Crippen LogP contribution in [-0.4, -0.2) is 21.3 Å². The standard InChI is InChI=1S/C15H17NO3S/c1-19-13-7-8-14(16)15(11-13)20(17,18)10-9-12-5-3-2-4-6-12/h2-8,11H,9-10,16H2,1H3. The van der Waals surface area contributed by atoms with Gasteiger partial charge in [-0.05, 0) is 24.1 Å². The van der Waals surface area contributed by atoms with Gasteiger partial charge in [-0.1, -0.05) is 30.3 Å². The van der Waals surface area contributed by atoms with E-state index in [-0.39, 0.29) is 16.3 Å². The van der Waals surface area contributed by atoms with Crippen LogP contribution >= 0.6 is 0 Å². The number of rotatable bonds is 5. The molecule has 0 fully saturated rings. The van der Waals surface area contributed by atoms with Crippen molar-refractivity contribution in [2.45, 2.75) is 11.3 Å². The van der Waals surface area contributed by atoms with E-state index in [4.69, 9.17) is 10.5 Å². The molecule has 2 aromatic rings. The van der Waals surface area contributed by atoms with Gasteiger partial charge >= 0.3 is 0 Å². The van der Waals surface area contributed by atoms with Gasteiger partial charge in [-0.2, -0.15) is 0 Å². The smallest absolute Gasteiger partial charge is 0.180 e. The fourth-order valence-corrected chi connectivity index (χ4v) is 3.37. The zero-order valence-corrected chi connectivity index (χ0v) is 12.1. The van der Waals surface area contributed by atoms with Crippen LogP contribution in [0.1, 0.15) is 5.56 Å². The summed E-state index contributed by atoms with van der Waals surface area (Å²) in [5.74, 6) is 0.506. The minimum absolute atomic E-state index is 0.0222. The van der Waals surface area contributed by atoms with Gasteiger partial charge in [0.05, 0.1) is 23.4 Å². The number of sulfone groups is 1. The van der Waals surface area contributed by atoms with Crippen molar-refractivity contribution in [1.82, 2.24) is 0 Å². The van der Waals surface area contributed by atoms with E-state index in [1.807, 2.05) is 30.3 Å². The first-order valence-electron chi connectivity index (χ1n) is 6.23. The molecule has 2 N–H and O–H groups in total. The third-order valence-corrected chi connectivity index (χ3v) is 4.82. The molecule has 0 aliphatic carbocycles. The molecule has 106 valence electrons. The van der Waals surface area contributed by atoms with Gasteiger partial charge in [-0.3, -0.25) is 0 Å². The zero-order valence-electron chi connectivity index (χ0n) is 11.2. The molecule has 2 aromatic carbocycles. The summed E-state index contributed by atoms with van der Waals surface area (Å²) in [4.78, 5) is 0.132. The zero-order chi connectivity index (χ0) is 14.6. The molecule has 0 atom stereocenters. The van der Waals surface area contributed by atoms with Crippen molar-refractivity contribution in [2.75, 3.05) is 18.6 Å². The van der Waals surface area contributed by atoms with Gasteiger partial charge in [0.25, 0.3) is 0 Å². The van der Waals surface area contributed by atoms with Gasteiger partial charge in [0.15, 0.2) is 9.84 Å². The van der Waals surface area contributed by atoms with Crippen molar-refractivity contribution < 1.29 is 13.2 Å². The fourth-order valence-electron chi connectivity index (χ4n) is 1.92. The second kappa shape index (κ2) is 5.96. The third kappa shape index (κ3) is 3.30. The summed E-state index contributed by atoms with van der Waals surface area (Å²) < 4.78 is 29.8. The molecule has 0 unspecified atom stereocenters. The first-order chi connectivity index (χ1) is 9.53. The molecule has 0 amide bonds. The Labute approximate surface area is 119 Å². The molecule has 4 nitrogen and oxygen atoms in total. The number of nitrogen functional groups attached to an aromatic ring is 1. The Hall–Kier alpha value is -2.01. The maximum absolute atomic E-state index is 12.4. The molecule has 0 aliphatic heterocycles. The van der Waals surface area contributed by atoms with Crippen LogP contribution in [0, 0.1) is 0 Å². The van der Waals surface area contributed by atoms with Crippen molar-refractivity contribution in [3.8, 4) is 5.75 Å². The summed E-state index contributed by atoms with van der Waals surface area (Å²) in [5.41, 5.74) is 7.00. The summed E-state index contributed by atoms with van der Waals surface area (Å²) in [7, 11) is -1.93. The summed E-state index contributed by atoms with van der Waals surface area (Å²) in [6.07, 6.45) is 0.458. The summed E-state index contributed by atoms with van der Waals surface area (Å²) in [6.45, 7) is 0. The number of benzene rings is 2. The normalized spacial score (nSPS) is 11.2. The number of hydrogen-bond acceptors (Lipinski definition) is 4. The van der Waals surface area contributed by atoms with E-state index in [9.17, 15) is 8.42 Å². The van der Waals surface area contributed by atoms with Gasteiger partial charge in [-0.25, -0.2) is 8.42 Å². The number of nitrogens with two attached hydrogens (primary N) is 1. The van der Waals surface area contributed by atoms with Crippen molar-refractivity contribution in [3.05, 3.63) is 54.1 Å². The Morgan fingerprint density at radius 3 is 2.45 bits per heavy atom. The van der Waals surface area contributed by atoms with Crippen LogP contribution in [0.2, 0.25) is 0 Å². The summed E-state index contributed by atoms with van der Waals surface area (Å²) >= 11 is 0. The Morgan fingerprint density at radius 2 is 1.80 bits per heavy atom. The summed E-state index contributed by atoms with van der Waals surface area (Å²) in [6, 6.07) is 14.2. The largest absolute Gasteiger partial charge is 0.497 e. The second-order valence-electron chi connectivity index (χ2n) is 4.46. The number of hydrogen-bond donors (Lipinski definition) is 1. The highest BCUT2D eigenvalue weighted by molar-refractivity contribution is 7.91. The Kier molecular flexibility index (Phi) is 4.29. The molecule has 2 rings (SSSR count). The molecule has 5 heteroatoms. The van der Waals surface area contributed by atoms with Crippen LogP contribution in [0.25, 0.3) is 0 Å². The molecular weight excluding hydrogens is 274 g/mol. The second-order valence-corrected chi connectivity index (χ2v) is 6.54. The minimum atomic E-state index is -3.43. The van der Waals surface area contributed by atoms with Crippen molar-refractivity contribution in [3.63, 3.8) is 0 Å². The first-order valence-corrected chi connectivity index (χ1v) is 7.88. The lowest BCUT2D eigenvalue weighted by atomic mass is 10.2. The lowest BCUT2D eigenvalue weighted by Crippen LogP contribution is -2.11. The van der Waals surface area contributed by atoms with Crippen LogP contribution in [0.15, 0.2) is 53.4 Å². The van der Waals surface area contributed by atoms with Crippen LogP contribution in [0.3, 0.4) is 0 Å². The Balaban J connectivity index is 2.22. The molecule has 0 bridgehead atoms. The highest BCUT2D eigenvalue weighted by Crippen LogP contribution is 2.25. The first kappa shape index (κ1) is 14.4. The number of methoxy groups -OCH3 is 1. The Bertz CT molecular complexity index is 682. The quantitative estimate of drug-likeness (QED) is 0.858. The van der Waals surface area contributed by atoms with E-state index in [1.165, 1.54) is 13.2 Å². The highest BCUT2D eigenvalue weighted by atomic mass is 32.2. The summed E-state index contributed by atoms with van der Waals surface area (Å²) in [5, 5.41) is 0. The van der Waals surface area contributed by atoms with Gasteiger partial charge < -0.3 is 10.5 Å². The minimum Gasteiger partial charge on any atom is -0.497 e. The maximum atomic E-state index is 12.4. The van der Waals surface area contributed by atoms with Crippen LogP contribution in [-0.2, 0) is 16.3 Å². The Morgan fingerprint density at radius 1 is 1.10 bits per heavy atom. The van der Waals surface area contributed by atoms with Crippen molar-refractivity contribution in [2.24, 2.45) is 0 Å². The molecule has 20 heavy (non-hydrogen) atoms. The van der Waals surface area contributed by atoms with E-state index < -0.39 is 9.84 Å². The highest BCUT2D eigenvalue weighted by Gasteiger charge is 2.18. The molecule has 0 aliphatic rings. The maximum Gasteiger partial charge on any atom is 0.180 e. The number of ether oxygens (including phenoxy) is 1. The predicted molar refractivity (Wildman–Crippen MR) is 79.6 cm³/mol. The number of anilines is 1. The van der Waals surface area contributed by atoms with E-state index >= 15 is 0 Å². The van der Waals surface area contributed by atoms with E-state index in [0.717, 1.165) is 5.56 Å². The van der Waals surface area contributed by atoms with E-state index in [0.29, 0.717) is 12.2 Å². The lowest BCUT2D eigenvalue weighted by molar-refractivity contribution is 0.413. The third-order valence-electron chi connectivity index (χ3n) is 3.06. The number of aryl methyl sites for hydroxylation is 1. The van der Waals surface area contributed by atoms with E-state index in [1.54, 1.807) is 12.1 Å². The molecule has 0 saturated heterocycles. The molecule has 0 aromatic heterocycles. The fraction of sp³-hybridized carbons (Fsp3) is 0.200. The van der Waals surface area contributed by atoms with Gasteiger partial charge in [0.1, 0.15) is 5.75 Å². The molecule has 0 heterocycles. The van der Waals surface area contributed by atoms with Gasteiger partial charge in [-0.15, -0.1) is 0 Å².